The third kappa shape index (κ3) is 6.25. The SMILES string of the molecule is COc1cc(/C=C2/NC(=O)N(Cc3ccc(C)cc3)C2=O)cc(Cl)c1OCC(=O)Nc1ccc(F)cc1. The van der Waals surface area contributed by atoms with Gasteiger partial charge in [-0.15, -0.1) is 0 Å². The van der Waals surface area contributed by atoms with Gasteiger partial charge in [0, 0.05) is 5.69 Å². The minimum absolute atomic E-state index is 0.0857. The van der Waals surface area contributed by atoms with E-state index in [0.29, 0.717) is 11.3 Å². The summed E-state index contributed by atoms with van der Waals surface area (Å²) in [4.78, 5) is 38.6. The minimum atomic E-state index is -0.526. The summed E-state index contributed by atoms with van der Waals surface area (Å²) in [6.07, 6.45) is 1.48. The second-order valence-corrected chi connectivity index (χ2v) is 8.65. The minimum Gasteiger partial charge on any atom is -0.493 e. The Hall–Kier alpha value is -4.37. The first-order chi connectivity index (χ1) is 17.7. The van der Waals surface area contributed by atoms with Crippen molar-refractivity contribution in [2.24, 2.45) is 0 Å². The van der Waals surface area contributed by atoms with Crippen LogP contribution in [0.1, 0.15) is 16.7 Å². The van der Waals surface area contributed by atoms with Crippen molar-refractivity contribution in [2.75, 3.05) is 19.0 Å². The first kappa shape index (κ1) is 25.7. The molecule has 1 aliphatic rings. The van der Waals surface area contributed by atoms with Crippen molar-refractivity contribution in [3.63, 3.8) is 0 Å². The highest BCUT2D eigenvalue weighted by molar-refractivity contribution is 6.32. The predicted molar refractivity (Wildman–Crippen MR) is 137 cm³/mol. The number of aryl methyl sites for hydroxylation is 1. The van der Waals surface area contributed by atoms with Crippen LogP contribution in [-0.4, -0.2) is 36.5 Å². The van der Waals surface area contributed by atoms with Gasteiger partial charge in [0.1, 0.15) is 11.5 Å². The van der Waals surface area contributed by atoms with Crippen molar-refractivity contribution in [2.45, 2.75) is 13.5 Å². The van der Waals surface area contributed by atoms with Crippen LogP contribution in [0.5, 0.6) is 11.5 Å². The van der Waals surface area contributed by atoms with E-state index in [2.05, 4.69) is 10.6 Å². The monoisotopic (exact) mass is 523 g/mol. The Bertz CT molecular complexity index is 1370. The molecule has 3 aromatic carbocycles. The largest absolute Gasteiger partial charge is 0.493 e. The fraction of sp³-hybridized carbons (Fsp3) is 0.148. The van der Waals surface area contributed by atoms with E-state index in [1.165, 1.54) is 43.5 Å². The second kappa shape index (κ2) is 11.1. The maximum absolute atomic E-state index is 13.0. The second-order valence-electron chi connectivity index (χ2n) is 8.24. The number of rotatable bonds is 8. The number of amides is 4. The van der Waals surface area contributed by atoms with E-state index in [1.54, 1.807) is 6.07 Å². The summed E-state index contributed by atoms with van der Waals surface area (Å²) in [6.45, 7) is 1.71. The Balaban J connectivity index is 1.45. The Kier molecular flexibility index (Phi) is 7.74. The summed E-state index contributed by atoms with van der Waals surface area (Å²) in [5.74, 6) is -1.02. The zero-order valence-corrected chi connectivity index (χ0v) is 20.8. The molecule has 4 amide bonds. The number of methoxy groups -OCH3 is 1. The number of carbonyl (C=O) groups excluding carboxylic acids is 3. The average molecular weight is 524 g/mol. The molecule has 37 heavy (non-hydrogen) atoms. The molecule has 8 nitrogen and oxygen atoms in total. The Morgan fingerprint density at radius 3 is 2.49 bits per heavy atom. The van der Waals surface area contributed by atoms with Crippen molar-refractivity contribution >= 4 is 41.2 Å². The quantitative estimate of drug-likeness (QED) is 0.323. The van der Waals surface area contributed by atoms with Crippen LogP contribution in [0.25, 0.3) is 6.08 Å². The van der Waals surface area contributed by atoms with Crippen LogP contribution in [0, 0.1) is 12.7 Å². The van der Waals surface area contributed by atoms with E-state index in [1.807, 2.05) is 31.2 Å². The van der Waals surface area contributed by atoms with E-state index in [4.69, 9.17) is 21.1 Å². The molecule has 0 aliphatic carbocycles. The van der Waals surface area contributed by atoms with Crippen LogP contribution >= 0.6 is 11.6 Å². The number of hydrogen-bond donors (Lipinski definition) is 2. The molecular weight excluding hydrogens is 501 g/mol. The molecule has 1 heterocycles. The number of urea groups is 1. The highest BCUT2D eigenvalue weighted by Gasteiger charge is 2.33. The lowest BCUT2D eigenvalue weighted by atomic mass is 10.1. The fourth-order valence-corrected chi connectivity index (χ4v) is 3.86. The molecule has 1 saturated heterocycles. The molecule has 1 aliphatic heterocycles. The highest BCUT2D eigenvalue weighted by Crippen LogP contribution is 2.37. The third-order valence-electron chi connectivity index (χ3n) is 5.46. The molecule has 1 fully saturated rings. The van der Waals surface area contributed by atoms with E-state index in [9.17, 15) is 18.8 Å². The molecule has 2 N–H and O–H groups in total. The van der Waals surface area contributed by atoms with Crippen molar-refractivity contribution in [1.82, 2.24) is 10.2 Å². The number of hydrogen-bond acceptors (Lipinski definition) is 5. The van der Waals surface area contributed by atoms with Crippen LogP contribution in [0.3, 0.4) is 0 Å². The maximum atomic E-state index is 13.0. The van der Waals surface area contributed by atoms with Gasteiger partial charge in [0.2, 0.25) is 0 Å². The van der Waals surface area contributed by atoms with E-state index in [-0.39, 0.29) is 35.4 Å². The number of carbonyl (C=O) groups is 3. The van der Waals surface area contributed by atoms with Crippen molar-refractivity contribution < 1.29 is 28.2 Å². The maximum Gasteiger partial charge on any atom is 0.329 e. The van der Waals surface area contributed by atoms with Gasteiger partial charge in [-0.3, -0.25) is 14.5 Å². The molecule has 0 saturated carbocycles. The molecule has 0 atom stereocenters. The Morgan fingerprint density at radius 2 is 1.81 bits per heavy atom. The Morgan fingerprint density at radius 1 is 1.11 bits per heavy atom. The lowest BCUT2D eigenvalue weighted by Crippen LogP contribution is -2.30. The fourth-order valence-electron chi connectivity index (χ4n) is 3.59. The van der Waals surface area contributed by atoms with Gasteiger partial charge in [0.15, 0.2) is 18.1 Å². The van der Waals surface area contributed by atoms with Gasteiger partial charge in [0.05, 0.1) is 18.7 Å². The standard InChI is InChI=1S/C27H23ClFN3O5/c1-16-3-5-17(6-4-16)14-32-26(34)22(31-27(32)35)12-18-11-21(28)25(23(13-18)36-2)37-15-24(33)30-20-9-7-19(29)8-10-20/h3-13H,14-15H2,1-2H3,(H,30,33)(H,31,35)/b22-12+. The highest BCUT2D eigenvalue weighted by atomic mass is 35.5. The van der Waals surface area contributed by atoms with Crippen LogP contribution in [0.4, 0.5) is 14.9 Å². The molecule has 10 heteroatoms. The summed E-state index contributed by atoms with van der Waals surface area (Å²) in [7, 11) is 1.40. The molecule has 190 valence electrons. The van der Waals surface area contributed by atoms with Crippen molar-refractivity contribution in [3.8, 4) is 11.5 Å². The van der Waals surface area contributed by atoms with E-state index in [0.717, 1.165) is 16.0 Å². The van der Waals surface area contributed by atoms with Crippen LogP contribution in [0.2, 0.25) is 5.02 Å². The molecule has 0 bridgehead atoms. The molecule has 4 rings (SSSR count). The van der Waals surface area contributed by atoms with Crippen molar-refractivity contribution in [1.29, 1.82) is 0 Å². The van der Waals surface area contributed by atoms with Crippen LogP contribution in [0.15, 0.2) is 66.4 Å². The molecule has 0 radical (unpaired) electrons. The molecular formula is C27H23ClFN3O5. The number of imide groups is 1. The van der Waals surface area contributed by atoms with Gasteiger partial charge in [0.25, 0.3) is 11.8 Å². The number of ether oxygens (including phenoxy) is 2. The Labute approximate surface area is 217 Å². The zero-order valence-electron chi connectivity index (χ0n) is 20.0. The van der Waals surface area contributed by atoms with Gasteiger partial charge in [-0.05, 0) is 60.5 Å². The summed E-state index contributed by atoms with van der Waals surface area (Å²) in [6, 6.07) is 15.4. The van der Waals surface area contributed by atoms with Gasteiger partial charge >= 0.3 is 6.03 Å². The van der Waals surface area contributed by atoms with Gasteiger partial charge in [-0.2, -0.15) is 0 Å². The number of benzene rings is 3. The topological polar surface area (TPSA) is 97.0 Å². The molecule has 3 aromatic rings. The van der Waals surface area contributed by atoms with Crippen LogP contribution in [-0.2, 0) is 16.1 Å². The number of halogens is 2. The van der Waals surface area contributed by atoms with E-state index >= 15 is 0 Å². The first-order valence-electron chi connectivity index (χ1n) is 11.2. The summed E-state index contributed by atoms with van der Waals surface area (Å²) < 4.78 is 24.0. The zero-order chi connectivity index (χ0) is 26.5. The molecule has 0 spiro atoms. The number of nitrogens with one attached hydrogen (secondary N) is 2. The summed E-state index contributed by atoms with van der Waals surface area (Å²) >= 11 is 6.38. The van der Waals surface area contributed by atoms with E-state index < -0.39 is 23.7 Å². The van der Waals surface area contributed by atoms with Gasteiger partial charge < -0.3 is 20.1 Å². The number of nitrogens with zero attached hydrogens (tertiary/aromatic N) is 1. The summed E-state index contributed by atoms with van der Waals surface area (Å²) in [5, 5.41) is 5.30. The third-order valence-corrected chi connectivity index (χ3v) is 5.74. The lowest BCUT2D eigenvalue weighted by molar-refractivity contribution is -0.123. The van der Waals surface area contributed by atoms with Crippen molar-refractivity contribution in [3.05, 3.63) is 93.9 Å². The van der Waals surface area contributed by atoms with Gasteiger partial charge in [-0.25, -0.2) is 9.18 Å². The smallest absolute Gasteiger partial charge is 0.329 e. The van der Waals surface area contributed by atoms with Crippen LogP contribution < -0.4 is 20.1 Å². The average Bonchev–Trinajstić information content (AvgIpc) is 3.13. The number of anilines is 1. The molecule has 0 aromatic heterocycles. The van der Waals surface area contributed by atoms with Gasteiger partial charge in [-0.1, -0.05) is 41.4 Å². The normalized spacial score (nSPS) is 14.1. The lowest BCUT2D eigenvalue weighted by Gasteiger charge is -2.14. The predicted octanol–water partition coefficient (Wildman–Crippen LogP) is 4.91. The first-order valence-corrected chi connectivity index (χ1v) is 11.6. The summed E-state index contributed by atoms with van der Waals surface area (Å²) in [5.41, 5.74) is 2.88. The molecule has 0 unspecified atom stereocenters.